The molecule has 15 heteroatoms. The quantitative estimate of drug-likeness (QED) is 0.277. The number of carbonyl (C=O) groups is 1. The zero-order valence-corrected chi connectivity index (χ0v) is 25.7. The first-order valence-corrected chi connectivity index (χ1v) is 15.8. The van der Waals surface area contributed by atoms with Crippen LogP contribution in [-0.2, 0) is 25.9 Å². The number of aromatic nitrogens is 3. The molecule has 234 valence electrons. The molecule has 2 heterocycles. The molecule has 1 N–H and O–H groups in total. The van der Waals surface area contributed by atoms with E-state index in [1.165, 1.54) is 24.4 Å². The third-order valence-corrected chi connectivity index (χ3v) is 7.05. The zero-order valence-electron chi connectivity index (χ0n) is 24.1. The number of allylic oxidation sites excluding steroid dienone is 3. The monoisotopic (exact) mass is 643 g/mol. The number of hydrogen-bond donors (Lipinski definition) is 1. The van der Waals surface area contributed by atoms with Crippen LogP contribution in [0, 0.1) is 0 Å². The second-order valence-corrected chi connectivity index (χ2v) is 11.9. The normalized spacial score (nSPS) is 13.7. The van der Waals surface area contributed by atoms with Crippen molar-refractivity contribution in [1.82, 2.24) is 19.4 Å². The molecule has 0 bridgehead atoms. The van der Waals surface area contributed by atoms with Gasteiger partial charge in [0.1, 0.15) is 34.9 Å². The Morgan fingerprint density at radius 2 is 1.95 bits per heavy atom. The van der Waals surface area contributed by atoms with Crippen molar-refractivity contribution >= 4 is 49.9 Å². The van der Waals surface area contributed by atoms with Gasteiger partial charge >= 0.3 is 6.36 Å². The summed E-state index contributed by atoms with van der Waals surface area (Å²) in [6.07, 6.45) is 3.40. The summed E-state index contributed by atoms with van der Waals surface area (Å²) in [6.45, 7) is 4.61. The summed E-state index contributed by atoms with van der Waals surface area (Å²) < 4.78 is 72.6. The highest BCUT2D eigenvalue weighted by atomic mass is 35.5. The van der Waals surface area contributed by atoms with Gasteiger partial charge in [-0.1, -0.05) is 25.4 Å². The van der Waals surface area contributed by atoms with Crippen LogP contribution in [0.25, 0.3) is 11.0 Å². The second kappa shape index (κ2) is 14.6. The number of sulfone groups is 1. The summed E-state index contributed by atoms with van der Waals surface area (Å²) in [5, 5.41) is 3.39. The number of anilines is 2. The smallest absolute Gasteiger partial charge is 0.456 e. The Hall–Kier alpha value is -3.78. The van der Waals surface area contributed by atoms with E-state index in [0.717, 1.165) is 6.26 Å². The van der Waals surface area contributed by atoms with E-state index in [2.05, 4.69) is 20.0 Å². The predicted octanol–water partition coefficient (Wildman–Crippen LogP) is 6.22. The van der Waals surface area contributed by atoms with Gasteiger partial charge in [-0.05, 0) is 43.2 Å². The highest BCUT2D eigenvalue weighted by Gasteiger charge is 2.32. The number of carbonyl (C=O) groups excluding carboxylic acids is 1. The molecule has 1 aliphatic rings. The average molecular weight is 644 g/mol. The number of ether oxygens (including phenoxy) is 2. The van der Waals surface area contributed by atoms with Crippen LogP contribution in [-0.4, -0.2) is 65.7 Å². The number of nitrogens with zero attached hydrogens (tertiary/aromatic N) is 4. The molecule has 0 atom stereocenters. The van der Waals surface area contributed by atoms with Crippen molar-refractivity contribution in [3.63, 3.8) is 0 Å². The summed E-state index contributed by atoms with van der Waals surface area (Å²) in [6, 6.07) is 6.63. The zero-order chi connectivity index (χ0) is 31.8. The molecule has 43 heavy (non-hydrogen) atoms. The number of amides is 1. The van der Waals surface area contributed by atoms with Gasteiger partial charge in [0, 0.05) is 50.8 Å². The van der Waals surface area contributed by atoms with Gasteiger partial charge < -0.3 is 24.3 Å². The highest BCUT2D eigenvalue weighted by Crippen LogP contribution is 2.33. The second-order valence-electron chi connectivity index (χ2n) is 9.38. The lowest BCUT2D eigenvalue weighted by atomic mass is 10.2. The lowest BCUT2D eigenvalue weighted by molar-refractivity contribution is -0.306. The van der Waals surface area contributed by atoms with E-state index in [4.69, 9.17) is 16.3 Å². The molecular formula is C28H33ClF3N5O5S. The number of fused-ring (bicyclic) bond motifs is 1. The topological polar surface area (TPSA) is 116 Å². The fourth-order valence-electron chi connectivity index (χ4n) is 4.06. The van der Waals surface area contributed by atoms with Crippen LogP contribution in [0.4, 0.5) is 24.7 Å². The highest BCUT2D eigenvalue weighted by molar-refractivity contribution is 7.91. The molecule has 0 spiro atoms. The average Bonchev–Trinajstić information content (AvgIpc) is 3.22. The minimum absolute atomic E-state index is 0.127. The third kappa shape index (κ3) is 10.2. The van der Waals surface area contributed by atoms with Gasteiger partial charge in [0.25, 0.3) is 0 Å². The Kier molecular flexibility index (Phi) is 11.4. The Balaban J connectivity index is 0.00000248. The van der Waals surface area contributed by atoms with Crippen LogP contribution < -0.4 is 10.1 Å². The van der Waals surface area contributed by atoms with E-state index >= 15 is 0 Å². The summed E-state index contributed by atoms with van der Waals surface area (Å²) in [5.41, 5.74) is 1.85. The molecule has 0 saturated carbocycles. The number of rotatable bonds is 10. The van der Waals surface area contributed by atoms with Gasteiger partial charge in [-0.2, -0.15) is 0 Å². The van der Waals surface area contributed by atoms with Crippen molar-refractivity contribution < 1.29 is 35.9 Å². The molecule has 0 radical (unpaired) electrons. The van der Waals surface area contributed by atoms with Crippen LogP contribution in [0.5, 0.6) is 5.75 Å². The van der Waals surface area contributed by atoms with Crippen molar-refractivity contribution in [3.05, 3.63) is 65.5 Å². The summed E-state index contributed by atoms with van der Waals surface area (Å²) >= 11 is 6.44. The summed E-state index contributed by atoms with van der Waals surface area (Å²) in [7, 11) is -1.91. The minimum Gasteiger partial charge on any atom is -0.456 e. The number of nitrogens with one attached hydrogen (secondary N) is 1. The molecule has 1 aromatic carbocycles. The minimum atomic E-state index is -4.79. The predicted molar refractivity (Wildman–Crippen MR) is 159 cm³/mol. The van der Waals surface area contributed by atoms with Crippen molar-refractivity contribution in [1.29, 1.82) is 0 Å². The maximum atomic E-state index is 12.7. The lowest BCUT2D eigenvalue weighted by Crippen LogP contribution is -2.34. The molecule has 1 aliphatic carbocycles. The first kappa shape index (κ1) is 33.7. The number of alkyl halides is 3. The lowest BCUT2D eigenvalue weighted by Gasteiger charge is -2.18. The Bertz CT molecular complexity index is 1610. The molecule has 1 amide bonds. The third-order valence-electron chi connectivity index (χ3n) is 5.98. The van der Waals surface area contributed by atoms with Gasteiger partial charge in [0.2, 0.25) is 5.91 Å². The number of hydrogen-bond acceptors (Lipinski definition) is 8. The first-order chi connectivity index (χ1) is 20.3. The fraction of sp³-hybridized carbons (Fsp3) is 0.393. The fourth-order valence-corrected chi connectivity index (χ4v) is 4.95. The van der Waals surface area contributed by atoms with Crippen LogP contribution in [0.2, 0.25) is 5.02 Å². The maximum Gasteiger partial charge on any atom is 0.572 e. The van der Waals surface area contributed by atoms with E-state index in [0.29, 0.717) is 41.9 Å². The van der Waals surface area contributed by atoms with Crippen LogP contribution in [0.15, 0.2) is 60.5 Å². The Morgan fingerprint density at radius 1 is 1.21 bits per heavy atom. The van der Waals surface area contributed by atoms with Crippen LogP contribution in [0.3, 0.4) is 0 Å². The first-order valence-electron chi connectivity index (χ1n) is 13.4. The van der Waals surface area contributed by atoms with Crippen LogP contribution in [0.1, 0.15) is 33.1 Å². The van der Waals surface area contributed by atoms with E-state index < -0.39 is 27.9 Å². The van der Waals surface area contributed by atoms with Crippen molar-refractivity contribution in [3.8, 4) is 5.75 Å². The largest absolute Gasteiger partial charge is 0.572 e. The van der Waals surface area contributed by atoms with E-state index in [1.807, 2.05) is 18.4 Å². The Labute approximate surface area is 253 Å². The van der Waals surface area contributed by atoms with Gasteiger partial charge in [-0.3, -0.25) is 4.79 Å². The molecule has 0 saturated heterocycles. The van der Waals surface area contributed by atoms with E-state index in [-0.39, 0.29) is 35.3 Å². The molecule has 0 fully saturated rings. The Morgan fingerprint density at radius 3 is 2.63 bits per heavy atom. The molecule has 2 aromatic heterocycles. The number of benzene rings is 1. The molecule has 10 nitrogen and oxygen atoms in total. The maximum absolute atomic E-state index is 12.7. The standard InChI is InChI=1S/C26H27ClF3N5O5S.C2H6/c1-34(23(36)15-41(2,37)38)11-12-35-10-9-21-24(35)25(32-16-31-21)33-17-7-8-22(20(27)13-17)39-18-5-3-4-6-19(14-18)40-26(28,29)30;1-2/h5,7-10,13-14,16H,3-4,6,11-12,15H2,1-2H3,(H,31,32,33);1-2H3. The summed E-state index contributed by atoms with van der Waals surface area (Å²) in [5.74, 6) is -0.418. The molecule has 0 unspecified atom stereocenters. The van der Waals surface area contributed by atoms with Gasteiger partial charge in [-0.25, -0.2) is 18.4 Å². The molecule has 0 aliphatic heterocycles. The van der Waals surface area contributed by atoms with Gasteiger partial charge in [-0.15, -0.1) is 13.2 Å². The molecular weight excluding hydrogens is 611 g/mol. The van der Waals surface area contributed by atoms with Gasteiger partial charge in [0.05, 0.1) is 10.5 Å². The molecule has 4 rings (SSSR count). The van der Waals surface area contributed by atoms with Gasteiger partial charge in [0.15, 0.2) is 15.7 Å². The number of likely N-dealkylation sites (N-methyl/N-ethyl adjacent to an activating group) is 1. The van der Waals surface area contributed by atoms with E-state index in [1.54, 1.807) is 36.5 Å². The van der Waals surface area contributed by atoms with Crippen molar-refractivity contribution in [2.45, 2.75) is 46.0 Å². The summed E-state index contributed by atoms with van der Waals surface area (Å²) in [4.78, 5) is 22.1. The van der Waals surface area contributed by atoms with Crippen molar-refractivity contribution in [2.75, 3.05) is 30.9 Å². The van der Waals surface area contributed by atoms with Crippen molar-refractivity contribution in [2.24, 2.45) is 0 Å². The SMILES string of the molecule is CC.CN(CCn1ccc2ncnc(Nc3ccc(OC4=CCCCC(OC(F)(F)F)=C4)c(Cl)c3)c21)C(=O)CS(C)(=O)=O. The molecule has 3 aromatic rings. The number of halogens is 4. The van der Waals surface area contributed by atoms with E-state index in [9.17, 15) is 26.4 Å². The van der Waals surface area contributed by atoms with Crippen LogP contribution >= 0.6 is 11.6 Å².